The Morgan fingerprint density at radius 2 is 1.35 bits per heavy atom. The maximum absolute atomic E-state index is 2.42. The zero-order chi connectivity index (χ0) is 18.4. The fourth-order valence-electron chi connectivity index (χ4n) is 4.76. The summed E-state index contributed by atoms with van der Waals surface area (Å²) < 4.78 is 0. The lowest BCUT2D eigenvalue weighted by atomic mass is 9.67. The minimum Gasteiger partial charge on any atom is -0.309 e. The van der Waals surface area contributed by atoms with E-state index in [0.29, 0.717) is 0 Å². The van der Waals surface area contributed by atoms with Gasteiger partial charge in [0.2, 0.25) is 0 Å². The average molecular weight is 350 g/mol. The molecule has 0 amide bonds. The van der Waals surface area contributed by atoms with Gasteiger partial charge in [-0.1, -0.05) is 81.1 Å². The molecule has 1 aliphatic carbocycles. The Hall–Kier alpha value is -1.60. The molecule has 0 heterocycles. The van der Waals surface area contributed by atoms with Gasteiger partial charge in [-0.2, -0.15) is 0 Å². The van der Waals surface area contributed by atoms with Crippen molar-refractivity contribution >= 4 is 0 Å². The van der Waals surface area contributed by atoms with Crippen LogP contribution in [0.15, 0.2) is 48.5 Å². The lowest BCUT2D eigenvalue weighted by Gasteiger charge is -2.38. The number of nitrogens with zero attached hydrogens (tertiary/aromatic N) is 1. The molecule has 0 saturated heterocycles. The highest BCUT2D eigenvalue weighted by Crippen LogP contribution is 2.45. The molecule has 0 bridgehead atoms. The summed E-state index contributed by atoms with van der Waals surface area (Å²) in [6.45, 7) is 3.44. The van der Waals surface area contributed by atoms with Crippen molar-refractivity contribution < 1.29 is 0 Å². The molecule has 0 unspecified atom stereocenters. The molecule has 1 aliphatic rings. The van der Waals surface area contributed by atoms with Gasteiger partial charge in [0.05, 0.1) is 0 Å². The van der Waals surface area contributed by atoms with Crippen LogP contribution in [0.2, 0.25) is 0 Å². The van der Waals surface area contributed by atoms with Crippen LogP contribution in [-0.4, -0.2) is 25.5 Å². The molecule has 0 fully saturated rings. The second kappa shape index (κ2) is 8.86. The molecule has 1 nitrogen and oxygen atoms in total. The van der Waals surface area contributed by atoms with Crippen LogP contribution in [0.3, 0.4) is 0 Å². The molecule has 3 rings (SSSR count). The van der Waals surface area contributed by atoms with Crippen molar-refractivity contribution in [3.63, 3.8) is 0 Å². The summed E-state index contributed by atoms with van der Waals surface area (Å²) in [5.74, 6) is 0. The Kier molecular flexibility index (Phi) is 6.53. The van der Waals surface area contributed by atoms with Crippen molar-refractivity contribution in [1.82, 2.24) is 4.90 Å². The maximum Gasteiger partial charge on any atom is 0.0220 e. The van der Waals surface area contributed by atoms with E-state index in [1.54, 1.807) is 22.3 Å². The van der Waals surface area contributed by atoms with Crippen LogP contribution < -0.4 is 0 Å². The van der Waals surface area contributed by atoms with Crippen LogP contribution in [0.25, 0.3) is 0 Å². The van der Waals surface area contributed by atoms with Crippen LogP contribution in [0.1, 0.15) is 67.7 Å². The summed E-state index contributed by atoms with van der Waals surface area (Å²) in [4.78, 5) is 2.35. The lowest BCUT2D eigenvalue weighted by molar-refractivity contribution is 0.324. The van der Waals surface area contributed by atoms with Gasteiger partial charge in [-0.3, -0.25) is 0 Å². The number of hydrogen-bond donors (Lipinski definition) is 0. The molecule has 140 valence electrons. The number of hydrogen-bond acceptors (Lipinski definition) is 1. The molecule has 0 atom stereocenters. The standard InChI is InChI=1S/C25H35N/c1-4-5-6-11-18-25(19-20-26(2)3)23-14-9-7-12-21(23)16-17-22-13-8-10-15-24(22)25/h7-10,12-15H,4-6,11,16-20H2,1-3H3. The summed E-state index contributed by atoms with van der Waals surface area (Å²) in [5.41, 5.74) is 6.50. The van der Waals surface area contributed by atoms with E-state index in [2.05, 4.69) is 74.4 Å². The van der Waals surface area contributed by atoms with Crippen molar-refractivity contribution in [2.45, 2.75) is 63.7 Å². The van der Waals surface area contributed by atoms with Crippen molar-refractivity contribution in [1.29, 1.82) is 0 Å². The first kappa shape index (κ1) is 19.2. The molecule has 0 saturated carbocycles. The molecule has 1 heteroatoms. The zero-order valence-electron chi connectivity index (χ0n) is 16.9. The van der Waals surface area contributed by atoms with Crippen molar-refractivity contribution in [2.24, 2.45) is 0 Å². The van der Waals surface area contributed by atoms with Crippen LogP contribution in [0.4, 0.5) is 0 Å². The van der Waals surface area contributed by atoms with E-state index < -0.39 is 0 Å². The molecule has 0 aliphatic heterocycles. The molecular formula is C25H35N. The molecule has 2 aromatic carbocycles. The van der Waals surface area contributed by atoms with E-state index in [4.69, 9.17) is 0 Å². The second-order valence-electron chi connectivity index (χ2n) is 8.26. The van der Waals surface area contributed by atoms with Crippen molar-refractivity contribution in [3.05, 3.63) is 70.8 Å². The molecule has 0 spiro atoms. The van der Waals surface area contributed by atoms with Crippen LogP contribution in [0, 0.1) is 0 Å². The Morgan fingerprint density at radius 1 is 0.769 bits per heavy atom. The zero-order valence-corrected chi connectivity index (χ0v) is 16.9. The molecule has 0 aromatic heterocycles. The summed E-state index contributed by atoms with van der Waals surface area (Å²) in [6.07, 6.45) is 10.2. The average Bonchev–Trinajstić information content (AvgIpc) is 2.80. The van der Waals surface area contributed by atoms with Gasteiger partial charge >= 0.3 is 0 Å². The van der Waals surface area contributed by atoms with Crippen LogP contribution >= 0.6 is 0 Å². The van der Waals surface area contributed by atoms with Gasteiger partial charge in [-0.05, 0) is 68.6 Å². The Bertz CT molecular complexity index is 653. The Balaban J connectivity index is 2.08. The SMILES string of the molecule is CCCCCCC1(CCN(C)C)c2ccccc2CCc2ccccc21. The van der Waals surface area contributed by atoms with Gasteiger partial charge in [0.25, 0.3) is 0 Å². The van der Waals surface area contributed by atoms with E-state index in [1.807, 2.05) is 0 Å². The number of fused-ring (bicyclic) bond motifs is 2. The highest BCUT2D eigenvalue weighted by atomic mass is 15.0. The van der Waals surface area contributed by atoms with Gasteiger partial charge in [0.1, 0.15) is 0 Å². The van der Waals surface area contributed by atoms with E-state index in [9.17, 15) is 0 Å². The number of unbranched alkanes of at least 4 members (excludes halogenated alkanes) is 3. The predicted octanol–water partition coefficient (Wildman–Crippen LogP) is 5.99. The van der Waals surface area contributed by atoms with Gasteiger partial charge in [-0.15, -0.1) is 0 Å². The number of rotatable bonds is 8. The van der Waals surface area contributed by atoms with Crippen LogP contribution in [-0.2, 0) is 18.3 Å². The molecular weight excluding hydrogens is 314 g/mol. The van der Waals surface area contributed by atoms with Gasteiger partial charge in [0.15, 0.2) is 0 Å². The molecule has 0 radical (unpaired) electrons. The molecule has 26 heavy (non-hydrogen) atoms. The minimum atomic E-state index is 0.168. The largest absolute Gasteiger partial charge is 0.309 e. The Morgan fingerprint density at radius 3 is 1.88 bits per heavy atom. The third-order valence-electron chi connectivity index (χ3n) is 6.17. The van der Waals surface area contributed by atoms with Gasteiger partial charge < -0.3 is 4.90 Å². The van der Waals surface area contributed by atoms with E-state index in [0.717, 1.165) is 6.54 Å². The normalized spacial score (nSPS) is 15.4. The molecule has 2 aromatic rings. The van der Waals surface area contributed by atoms with E-state index in [-0.39, 0.29) is 5.41 Å². The summed E-state index contributed by atoms with van der Waals surface area (Å²) in [7, 11) is 4.42. The van der Waals surface area contributed by atoms with Crippen LogP contribution in [0.5, 0.6) is 0 Å². The highest BCUT2D eigenvalue weighted by molar-refractivity contribution is 5.49. The third-order valence-corrected chi connectivity index (χ3v) is 6.17. The topological polar surface area (TPSA) is 3.24 Å². The predicted molar refractivity (Wildman–Crippen MR) is 113 cm³/mol. The highest BCUT2D eigenvalue weighted by Gasteiger charge is 2.38. The Labute approximate surface area is 160 Å². The maximum atomic E-state index is 2.42. The first-order valence-electron chi connectivity index (χ1n) is 10.5. The van der Waals surface area contributed by atoms with E-state index >= 15 is 0 Å². The smallest absolute Gasteiger partial charge is 0.0220 e. The first-order chi connectivity index (χ1) is 12.7. The van der Waals surface area contributed by atoms with E-state index in [1.165, 1.54) is 51.4 Å². The summed E-state index contributed by atoms with van der Waals surface area (Å²) in [6, 6.07) is 18.5. The lowest BCUT2D eigenvalue weighted by Crippen LogP contribution is -2.33. The second-order valence-corrected chi connectivity index (χ2v) is 8.26. The fraction of sp³-hybridized carbons (Fsp3) is 0.520. The summed E-state index contributed by atoms with van der Waals surface area (Å²) >= 11 is 0. The van der Waals surface area contributed by atoms with Crippen molar-refractivity contribution in [3.8, 4) is 0 Å². The van der Waals surface area contributed by atoms with Crippen molar-refractivity contribution in [2.75, 3.05) is 20.6 Å². The number of benzene rings is 2. The van der Waals surface area contributed by atoms with Gasteiger partial charge in [0, 0.05) is 5.41 Å². The van der Waals surface area contributed by atoms with Gasteiger partial charge in [-0.25, -0.2) is 0 Å². The number of aryl methyl sites for hydroxylation is 2. The molecule has 0 N–H and O–H groups in total. The third kappa shape index (κ3) is 4.04. The minimum absolute atomic E-state index is 0.168. The first-order valence-corrected chi connectivity index (χ1v) is 10.5. The summed E-state index contributed by atoms with van der Waals surface area (Å²) in [5, 5.41) is 0. The monoisotopic (exact) mass is 349 g/mol. The fourth-order valence-corrected chi connectivity index (χ4v) is 4.76. The quantitative estimate of drug-likeness (QED) is 0.529.